The zero-order valence-corrected chi connectivity index (χ0v) is 27.1. The van der Waals surface area contributed by atoms with Gasteiger partial charge in [0, 0.05) is 30.4 Å². The number of anilines is 1. The van der Waals surface area contributed by atoms with E-state index >= 15 is 0 Å². The predicted molar refractivity (Wildman–Crippen MR) is 172 cm³/mol. The highest BCUT2D eigenvalue weighted by Gasteiger charge is 2.21. The first kappa shape index (κ1) is 34.0. The number of hydrogen-bond donors (Lipinski definition) is 3. The molecule has 0 saturated carbocycles. The number of sulfonamides is 1. The van der Waals surface area contributed by atoms with E-state index in [1.807, 2.05) is 32.0 Å². The van der Waals surface area contributed by atoms with E-state index in [9.17, 15) is 23.1 Å². The molecule has 2 aromatic carbocycles. The number of carboxylic acid groups (broad SMARTS) is 1. The summed E-state index contributed by atoms with van der Waals surface area (Å²) in [5, 5.41) is 12.8. The highest BCUT2D eigenvalue weighted by Crippen LogP contribution is 2.29. The topological polar surface area (TPSA) is 170 Å². The molecule has 13 heteroatoms. The van der Waals surface area contributed by atoms with Crippen molar-refractivity contribution in [1.29, 1.82) is 0 Å². The molecule has 0 aliphatic carbocycles. The summed E-state index contributed by atoms with van der Waals surface area (Å²) in [7, 11) is -2.94. The van der Waals surface area contributed by atoms with Crippen molar-refractivity contribution in [3.63, 3.8) is 0 Å². The lowest BCUT2D eigenvalue weighted by Gasteiger charge is -2.21. The number of methoxy groups -OCH3 is 1. The van der Waals surface area contributed by atoms with Gasteiger partial charge in [-0.15, -0.1) is 0 Å². The standard InChI is InChI=1S/C33H37N5O7S/c1-20(2)14-25(34-17-23-12-13-27(35-18-23)32(41)44-5)19-45-29-16-28(30-21(3)8-6-9-22(30)4)36-33(37-29)38-46(42,43)26-11-7-10-24(15-26)31(39)40/h6-13,15-16,18,20,25,34H,14,17,19H2,1-5H3,(H,39,40)(H,36,37,38)/t25-/m1/s1. The molecule has 0 amide bonds. The Balaban J connectivity index is 1.61. The third kappa shape index (κ3) is 8.86. The SMILES string of the molecule is COC(=O)c1ccc(CN[C@@H](COc2cc(-c3c(C)cccc3C)nc(NS(=O)(=O)c3cccc(C(=O)O)c3)n2)CC(C)C)cn1. The van der Waals surface area contributed by atoms with Crippen LogP contribution >= 0.6 is 0 Å². The van der Waals surface area contributed by atoms with Gasteiger partial charge in [0.1, 0.15) is 12.3 Å². The average Bonchev–Trinajstić information content (AvgIpc) is 3.01. The van der Waals surface area contributed by atoms with Crippen molar-refractivity contribution in [2.75, 3.05) is 18.4 Å². The summed E-state index contributed by atoms with van der Waals surface area (Å²) in [4.78, 5) is 35.9. The quantitative estimate of drug-likeness (QED) is 0.157. The van der Waals surface area contributed by atoms with E-state index in [-0.39, 0.29) is 40.6 Å². The highest BCUT2D eigenvalue weighted by molar-refractivity contribution is 7.92. The largest absolute Gasteiger partial charge is 0.478 e. The van der Waals surface area contributed by atoms with E-state index in [1.54, 1.807) is 24.4 Å². The van der Waals surface area contributed by atoms with Gasteiger partial charge in [-0.05, 0) is 67.1 Å². The molecule has 0 radical (unpaired) electrons. The van der Waals surface area contributed by atoms with Crippen LogP contribution in [0.15, 0.2) is 71.8 Å². The first-order valence-corrected chi connectivity index (χ1v) is 16.1. The van der Waals surface area contributed by atoms with Crippen LogP contribution in [0.3, 0.4) is 0 Å². The number of esters is 1. The highest BCUT2D eigenvalue weighted by atomic mass is 32.2. The summed E-state index contributed by atoms with van der Waals surface area (Å²) in [5.41, 5.74) is 4.04. The van der Waals surface area contributed by atoms with Crippen molar-refractivity contribution in [1.82, 2.24) is 20.3 Å². The molecule has 0 fully saturated rings. The number of nitrogens with zero attached hydrogens (tertiary/aromatic N) is 3. The van der Waals surface area contributed by atoms with Gasteiger partial charge in [-0.3, -0.25) is 0 Å². The van der Waals surface area contributed by atoms with Crippen LogP contribution in [0.2, 0.25) is 0 Å². The summed E-state index contributed by atoms with van der Waals surface area (Å²) in [5.74, 6) is -1.49. The molecule has 12 nitrogen and oxygen atoms in total. The van der Waals surface area contributed by atoms with Gasteiger partial charge in [0.25, 0.3) is 10.0 Å². The number of aryl methyl sites for hydroxylation is 2. The minimum absolute atomic E-state index is 0.113. The number of benzene rings is 2. The van der Waals surface area contributed by atoms with Gasteiger partial charge < -0.3 is 19.9 Å². The molecule has 2 aromatic heterocycles. The van der Waals surface area contributed by atoms with Crippen molar-refractivity contribution in [2.45, 2.75) is 51.6 Å². The number of carboxylic acids is 1. The summed E-state index contributed by atoms with van der Waals surface area (Å²) in [6.45, 7) is 8.73. The molecule has 242 valence electrons. The molecule has 0 aliphatic heterocycles. The zero-order chi connectivity index (χ0) is 33.4. The number of carbonyl (C=O) groups excluding carboxylic acids is 1. The molecule has 4 aromatic rings. The predicted octanol–water partition coefficient (Wildman–Crippen LogP) is 5.02. The van der Waals surface area contributed by atoms with E-state index < -0.39 is 22.0 Å². The Bertz CT molecular complexity index is 1790. The maximum atomic E-state index is 13.3. The molecule has 4 rings (SSSR count). The third-order valence-corrected chi connectivity index (χ3v) is 8.39. The van der Waals surface area contributed by atoms with E-state index in [0.29, 0.717) is 18.2 Å². The van der Waals surface area contributed by atoms with Crippen molar-refractivity contribution in [3.8, 4) is 17.1 Å². The lowest BCUT2D eigenvalue weighted by Crippen LogP contribution is -2.35. The van der Waals surface area contributed by atoms with Gasteiger partial charge in [-0.25, -0.2) is 32.7 Å². The Labute approximate surface area is 268 Å². The van der Waals surface area contributed by atoms with Crippen LogP contribution in [-0.4, -0.2) is 60.2 Å². The fourth-order valence-corrected chi connectivity index (χ4v) is 5.84. The Hall–Kier alpha value is -4.88. The molecular formula is C33H37N5O7S. The van der Waals surface area contributed by atoms with Crippen LogP contribution in [-0.2, 0) is 21.3 Å². The molecule has 0 bridgehead atoms. The number of ether oxygens (including phenoxy) is 2. The second-order valence-corrected chi connectivity index (χ2v) is 12.9. The molecule has 0 aliphatic rings. The maximum Gasteiger partial charge on any atom is 0.356 e. The normalized spacial score (nSPS) is 12.0. The molecule has 46 heavy (non-hydrogen) atoms. The Morgan fingerprint density at radius 1 is 0.978 bits per heavy atom. The average molecular weight is 648 g/mol. The second-order valence-electron chi connectivity index (χ2n) is 11.2. The van der Waals surface area contributed by atoms with Gasteiger partial charge in [-0.1, -0.05) is 44.2 Å². The summed E-state index contributed by atoms with van der Waals surface area (Å²) < 4.78 is 39.9. The Morgan fingerprint density at radius 2 is 1.70 bits per heavy atom. The van der Waals surface area contributed by atoms with E-state index in [0.717, 1.165) is 34.7 Å². The summed E-state index contributed by atoms with van der Waals surface area (Å²) in [6.07, 6.45) is 2.38. The Kier molecular flexibility index (Phi) is 11.0. The number of hydrogen-bond acceptors (Lipinski definition) is 10. The zero-order valence-electron chi connectivity index (χ0n) is 26.3. The maximum absolute atomic E-state index is 13.3. The number of nitrogens with one attached hydrogen (secondary N) is 2. The first-order chi connectivity index (χ1) is 21.9. The fourth-order valence-electron chi connectivity index (χ4n) is 4.85. The molecule has 0 unspecified atom stereocenters. The van der Waals surface area contributed by atoms with Gasteiger partial charge in [0.15, 0.2) is 0 Å². The smallest absolute Gasteiger partial charge is 0.356 e. The second kappa shape index (κ2) is 14.9. The van der Waals surface area contributed by atoms with Crippen LogP contribution in [0.25, 0.3) is 11.3 Å². The van der Waals surface area contributed by atoms with Crippen LogP contribution in [0.5, 0.6) is 5.88 Å². The summed E-state index contributed by atoms with van der Waals surface area (Å²) >= 11 is 0. The van der Waals surface area contributed by atoms with Crippen LogP contribution < -0.4 is 14.8 Å². The van der Waals surface area contributed by atoms with Gasteiger partial charge in [0.05, 0.1) is 23.3 Å². The minimum Gasteiger partial charge on any atom is -0.478 e. The van der Waals surface area contributed by atoms with Gasteiger partial charge in [0.2, 0.25) is 11.8 Å². The Morgan fingerprint density at radius 3 is 2.33 bits per heavy atom. The van der Waals surface area contributed by atoms with E-state index in [4.69, 9.17) is 9.47 Å². The van der Waals surface area contributed by atoms with Crippen LogP contribution in [0.1, 0.15) is 57.8 Å². The lowest BCUT2D eigenvalue weighted by molar-refractivity contribution is 0.0593. The van der Waals surface area contributed by atoms with E-state index in [1.165, 1.54) is 25.3 Å². The fraction of sp³-hybridized carbons (Fsp3) is 0.303. The molecule has 1 atom stereocenters. The van der Waals surface area contributed by atoms with Crippen LogP contribution in [0.4, 0.5) is 5.95 Å². The number of carbonyl (C=O) groups is 2. The molecule has 0 saturated heterocycles. The number of rotatable bonds is 14. The summed E-state index contributed by atoms with van der Waals surface area (Å²) in [6, 6.07) is 15.8. The third-order valence-electron chi connectivity index (χ3n) is 7.06. The van der Waals surface area contributed by atoms with Gasteiger partial charge in [-0.2, -0.15) is 4.98 Å². The number of aromatic carboxylic acids is 1. The van der Waals surface area contributed by atoms with Crippen molar-refractivity contribution in [3.05, 3.63) is 94.8 Å². The monoisotopic (exact) mass is 647 g/mol. The van der Waals surface area contributed by atoms with E-state index in [2.05, 4.69) is 38.8 Å². The molecular weight excluding hydrogens is 610 g/mol. The number of aromatic nitrogens is 3. The van der Waals surface area contributed by atoms with Gasteiger partial charge >= 0.3 is 11.9 Å². The first-order valence-electron chi connectivity index (χ1n) is 14.6. The van der Waals surface area contributed by atoms with Crippen molar-refractivity contribution >= 4 is 27.9 Å². The van der Waals surface area contributed by atoms with Crippen molar-refractivity contribution < 1.29 is 32.6 Å². The minimum atomic E-state index is -4.24. The van der Waals surface area contributed by atoms with Crippen LogP contribution in [0, 0.1) is 19.8 Å². The molecule has 3 N–H and O–H groups in total. The molecule has 0 spiro atoms. The lowest BCUT2D eigenvalue weighted by atomic mass is 10.00. The number of pyridine rings is 1. The molecule has 2 heterocycles. The van der Waals surface area contributed by atoms with Crippen molar-refractivity contribution in [2.24, 2.45) is 5.92 Å².